The normalized spacial score (nSPS) is 21.5. The molecule has 3 aliphatic carbocycles. The highest BCUT2D eigenvalue weighted by Crippen LogP contribution is 2.45. The lowest BCUT2D eigenvalue weighted by Crippen LogP contribution is -2.39. The van der Waals surface area contributed by atoms with Gasteiger partial charge in [-0.25, -0.2) is 27.5 Å². The molecule has 9 nitrogen and oxygen atoms in total. The van der Waals surface area contributed by atoms with Gasteiger partial charge < -0.3 is 15.2 Å². The van der Waals surface area contributed by atoms with Crippen LogP contribution < -0.4 is 10.6 Å². The number of nitrogens with one attached hydrogen (secondary N) is 2. The fraction of sp³-hybridized carbons (Fsp3) is 0.633. The van der Waals surface area contributed by atoms with Crippen molar-refractivity contribution in [1.29, 1.82) is 0 Å². The van der Waals surface area contributed by atoms with Crippen LogP contribution in [-0.4, -0.2) is 49.4 Å². The Morgan fingerprint density at radius 2 is 1.61 bits per heavy atom. The third-order valence-electron chi connectivity index (χ3n) is 9.12. The number of hydrogen-bond acceptors (Lipinski definition) is 6. The van der Waals surface area contributed by atoms with Crippen molar-refractivity contribution in [3.05, 3.63) is 47.4 Å². The van der Waals surface area contributed by atoms with E-state index in [0.29, 0.717) is 11.4 Å². The number of aromatic nitrogens is 4. The molecular weight excluding hydrogens is 625 g/mol. The zero-order chi connectivity index (χ0) is 32.9. The fourth-order valence-electron chi connectivity index (χ4n) is 6.45. The first-order valence-corrected chi connectivity index (χ1v) is 15.4. The Balaban J connectivity index is 1.22. The molecule has 3 heterocycles. The molecule has 0 bridgehead atoms. The van der Waals surface area contributed by atoms with Gasteiger partial charge in [0, 0.05) is 57.3 Å². The fourth-order valence-corrected chi connectivity index (χ4v) is 6.45. The second kappa shape index (κ2) is 12.1. The summed E-state index contributed by atoms with van der Waals surface area (Å²) >= 11 is 0. The van der Waals surface area contributed by atoms with Crippen LogP contribution >= 0.6 is 0 Å². The molecule has 0 aromatic carbocycles. The lowest BCUT2D eigenvalue weighted by molar-refractivity contribution is -0.135. The summed E-state index contributed by atoms with van der Waals surface area (Å²) in [5.74, 6) is -7.14. The number of aryl methyl sites for hydroxylation is 1. The van der Waals surface area contributed by atoms with E-state index in [-0.39, 0.29) is 66.9 Å². The van der Waals surface area contributed by atoms with Gasteiger partial charge in [-0.15, -0.1) is 0 Å². The Labute approximate surface area is 258 Å². The number of carbonyl (C=O) groups excluding carboxylic acids is 2. The molecule has 3 saturated carbocycles. The summed E-state index contributed by atoms with van der Waals surface area (Å²) in [7, 11) is 0. The van der Waals surface area contributed by atoms with E-state index in [2.05, 4.69) is 25.8 Å². The number of alkyl halides is 7. The lowest BCUT2D eigenvalue weighted by atomic mass is 9.79. The predicted molar refractivity (Wildman–Crippen MR) is 147 cm³/mol. The minimum absolute atomic E-state index is 0.000490. The molecule has 250 valence electrons. The van der Waals surface area contributed by atoms with Gasteiger partial charge in [-0.05, 0) is 49.5 Å². The van der Waals surface area contributed by atoms with Crippen LogP contribution in [-0.2, 0) is 11.2 Å². The van der Waals surface area contributed by atoms with E-state index in [1.807, 2.05) is 0 Å². The number of rotatable bonds is 11. The average Bonchev–Trinajstić information content (AvgIpc) is 3.52. The minimum atomic E-state index is -4.47. The molecule has 0 aliphatic heterocycles. The van der Waals surface area contributed by atoms with E-state index in [1.165, 1.54) is 0 Å². The average molecular weight is 659 g/mol. The number of carbonyl (C=O) groups is 2. The first kappa shape index (κ1) is 32.2. The Hall–Kier alpha value is -3.72. The van der Waals surface area contributed by atoms with Gasteiger partial charge in [0.25, 0.3) is 5.91 Å². The summed E-state index contributed by atoms with van der Waals surface area (Å²) in [5.41, 5.74) is 0.480. The second-order valence-electron chi connectivity index (χ2n) is 12.9. The molecule has 2 atom stereocenters. The smallest absolute Gasteiger partial charge is 0.364 e. The monoisotopic (exact) mass is 658 g/mol. The van der Waals surface area contributed by atoms with Crippen LogP contribution in [0.15, 0.2) is 29.2 Å². The summed E-state index contributed by atoms with van der Waals surface area (Å²) in [6.07, 6.45) is -1.60. The summed E-state index contributed by atoms with van der Waals surface area (Å²) in [6, 6.07) is 0.384. The number of imidazole rings is 1. The Morgan fingerprint density at radius 1 is 0.957 bits per heavy atom. The molecule has 2 amide bonds. The molecule has 3 aromatic rings. The van der Waals surface area contributed by atoms with Crippen molar-refractivity contribution >= 4 is 17.6 Å². The zero-order valence-electron chi connectivity index (χ0n) is 24.6. The molecular formula is C30H33F7N6O3. The van der Waals surface area contributed by atoms with Crippen molar-refractivity contribution in [3.8, 4) is 0 Å². The molecule has 46 heavy (non-hydrogen) atoms. The van der Waals surface area contributed by atoms with Crippen LogP contribution in [0, 0.1) is 17.8 Å². The number of nitrogens with zero attached hydrogens (tertiary/aromatic N) is 4. The molecule has 1 unspecified atom stereocenters. The Kier molecular flexibility index (Phi) is 8.51. The third kappa shape index (κ3) is 7.63. The third-order valence-corrected chi connectivity index (χ3v) is 9.12. The van der Waals surface area contributed by atoms with Crippen molar-refractivity contribution in [2.24, 2.45) is 17.8 Å². The van der Waals surface area contributed by atoms with Crippen molar-refractivity contribution in [2.45, 2.75) is 101 Å². The topological polar surface area (TPSA) is 114 Å². The molecule has 3 fully saturated rings. The van der Waals surface area contributed by atoms with E-state index < -0.39 is 67.6 Å². The molecule has 0 saturated heterocycles. The Bertz CT molecular complexity index is 1570. The first-order chi connectivity index (χ1) is 21.6. The zero-order valence-corrected chi connectivity index (χ0v) is 24.6. The van der Waals surface area contributed by atoms with Crippen molar-refractivity contribution in [3.63, 3.8) is 0 Å². The largest absolute Gasteiger partial charge is 0.389 e. The van der Waals surface area contributed by atoms with Crippen LogP contribution in [0.5, 0.6) is 0 Å². The van der Waals surface area contributed by atoms with Crippen LogP contribution in [0.25, 0.3) is 5.78 Å². The molecule has 16 heteroatoms. The van der Waals surface area contributed by atoms with E-state index >= 15 is 0 Å². The lowest BCUT2D eigenvalue weighted by Gasteiger charge is -2.34. The molecule has 0 radical (unpaired) electrons. The summed E-state index contributed by atoms with van der Waals surface area (Å²) in [4.78, 5) is 35.3. The van der Waals surface area contributed by atoms with Crippen molar-refractivity contribution < 1.29 is 44.8 Å². The van der Waals surface area contributed by atoms with E-state index in [0.717, 1.165) is 19.1 Å². The summed E-state index contributed by atoms with van der Waals surface area (Å²) < 4.78 is 99.4. The molecule has 3 aromatic heterocycles. The molecule has 0 spiro atoms. The summed E-state index contributed by atoms with van der Waals surface area (Å²) in [6.45, 7) is 0. The molecule has 2 N–H and O–H groups in total. The predicted octanol–water partition coefficient (Wildman–Crippen LogP) is 6.51. The second-order valence-corrected chi connectivity index (χ2v) is 12.9. The highest BCUT2D eigenvalue weighted by atomic mass is 19.4. The van der Waals surface area contributed by atoms with Gasteiger partial charge in [0.05, 0.1) is 29.2 Å². The van der Waals surface area contributed by atoms with Crippen molar-refractivity contribution in [2.75, 3.05) is 0 Å². The van der Waals surface area contributed by atoms with Gasteiger partial charge in [0.2, 0.25) is 23.5 Å². The van der Waals surface area contributed by atoms with Crippen LogP contribution in [0.1, 0.15) is 104 Å². The van der Waals surface area contributed by atoms with Crippen LogP contribution in [0.3, 0.4) is 0 Å². The Morgan fingerprint density at radius 3 is 2.26 bits per heavy atom. The van der Waals surface area contributed by atoms with E-state index in [9.17, 15) is 40.3 Å². The van der Waals surface area contributed by atoms with Gasteiger partial charge in [-0.2, -0.15) is 13.2 Å². The summed E-state index contributed by atoms with van der Waals surface area (Å²) in [5, 5.41) is 9.28. The number of amides is 2. The van der Waals surface area contributed by atoms with Gasteiger partial charge in [0.15, 0.2) is 0 Å². The van der Waals surface area contributed by atoms with Gasteiger partial charge in [0.1, 0.15) is 11.8 Å². The highest BCUT2D eigenvalue weighted by Gasteiger charge is 2.46. The number of hydrogen-bond donors (Lipinski definition) is 2. The van der Waals surface area contributed by atoms with Crippen molar-refractivity contribution in [1.82, 2.24) is 30.2 Å². The highest BCUT2D eigenvalue weighted by molar-refractivity contribution is 5.95. The quantitative estimate of drug-likeness (QED) is 0.227. The maximum atomic E-state index is 14.0. The van der Waals surface area contributed by atoms with Gasteiger partial charge in [-0.3, -0.25) is 14.0 Å². The van der Waals surface area contributed by atoms with Gasteiger partial charge >= 0.3 is 6.18 Å². The minimum Gasteiger partial charge on any atom is -0.364 e. The molecule has 3 aliphatic rings. The first-order valence-electron chi connectivity index (χ1n) is 15.4. The SMILES string of the molecule is O=C(CC1CC(F)(F)C1)NC(c1ccn2cc([C@@H](NC(=O)c3conc3CCC(F)(F)F)C3CCC(F)(F)CC3)nc2n1)C1CC1. The van der Waals surface area contributed by atoms with Crippen LogP contribution in [0.4, 0.5) is 30.7 Å². The molecule has 6 rings (SSSR count). The number of fused-ring (bicyclic) bond motifs is 1. The van der Waals surface area contributed by atoms with E-state index in [1.54, 1.807) is 22.9 Å². The van der Waals surface area contributed by atoms with Gasteiger partial charge in [-0.1, -0.05) is 5.16 Å². The maximum absolute atomic E-state index is 14.0. The van der Waals surface area contributed by atoms with E-state index in [4.69, 9.17) is 4.52 Å². The maximum Gasteiger partial charge on any atom is 0.389 e. The standard InChI is InChI=1S/C30H33F7N6O3/c31-28(32)7-3-18(4-8-28)25(41-26(45)19-15-46-42-20(19)5-9-30(35,36)37)22-14-43-10-6-21(38-27(43)39-22)24(17-1-2-17)40-23(44)11-16-12-29(33,34)13-16/h6,10,14-18,24-25H,1-5,7-9,11-13H2,(H,40,44)(H,41,45)/t24?,25-/m0/s1. The number of halogens is 7. The van der Waals surface area contributed by atoms with Crippen LogP contribution in [0.2, 0.25) is 0 Å².